The van der Waals surface area contributed by atoms with Gasteiger partial charge in [0.2, 0.25) is 11.8 Å². The van der Waals surface area contributed by atoms with Crippen molar-refractivity contribution in [2.45, 2.75) is 6.54 Å². The molecule has 0 saturated carbocycles. The minimum Gasteiger partial charge on any atom is -0.508 e. The summed E-state index contributed by atoms with van der Waals surface area (Å²) in [6.07, 6.45) is 3.36. The van der Waals surface area contributed by atoms with Gasteiger partial charge in [-0.25, -0.2) is 0 Å². The quantitative estimate of drug-likeness (QED) is 0.592. The third-order valence-corrected chi connectivity index (χ3v) is 5.11. The van der Waals surface area contributed by atoms with Gasteiger partial charge in [0.1, 0.15) is 12.3 Å². The average molecular weight is 393 g/mol. The van der Waals surface area contributed by atoms with Crippen LogP contribution in [0.2, 0.25) is 0 Å². The van der Waals surface area contributed by atoms with Crippen LogP contribution in [-0.4, -0.2) is 26.9 Å². The number of hydrogen-bond acceptors (Lipinski definition) is 6. The van der Waals surface area contributed by atoms with Gasteiger partial charge in [0.15, 0.2) is 0 Å². The number of nitrogens with zero attached hydrogens (tertiary/aromatic N) is 2. The van der Waals surface area contributed by atoms with E-state index in [9.17, 15) is 19.8 Å². The summed E-state index contributed by atoms with van der Waals surface area (Å²) in [5.74, 6) is -0.645. The molecule has 1 aliphatic heterocycles. The second-order valence-corrected chi connectivity index (χ2v) is 7.11. The Morgan fingerprint density at radius 1 is 1.14 bits per heavy atom. The fraction of sp³-hybridized carbons (Fsp3) is 0.0500. The number of rotatable bonds is 4. The van der Waals surface area contributed by atoms with E-state index in [0.29, 0.717) is 10.6 Å². The van der Waals surface area contributed by atoms with Gasteiger partial charge in [0, 0.05) is 23.0 Å². The maximum Gasteiger partial charge on any atom is 0.311 e. The molecule has 3 N–H and O–H groups in total. The minimum atomic E-state index is -0.465. The topological polar surface area (TPSA) is 104 Å². The van der Waals surface area contributed by atoms with E-state index < -0.39 is 10.8 Å². The fourth-order valence-corrected chi connectivity index (χ4v) is 3.67. The number of thiazole rings is 1. The standard InChI is InChI=1S/C20H15N3O4S/c24-14-7-5-13(6-8-14)22-18(25)11-23-19(26)17(28-20(23)27)9-12-10-21-16-4-2-1-3-15(12)16/h1-10,24,26H,11H2,(H,22,25)/b12-9-. The average Bonchev–Trinajstić information content (AvgIpc) is 3.20. The third kappa shape index (κ3) is 3.45. The Kier molecular flexibility index (Phi) is 4.54. The van der Waals surface area contributed by atoms with Gasteiger partial charge in [-0.15, -0.1) is 0 Å². The van der Waals surface area contributed by atoms with Crippen LogP contribution < -0.4 is 10.2 Å². The number of allylic oxidation sites excluding steroid dienone is 1. The first kappa shape index (κ1) is 17.7. The van der Waals surface area contributed by atoms with Crippen molar-refractivity contribution in [1.29, 1.82) is 0 Å². The highest BCUT2D eigenvalue weighted by molar-refractivity contribution is 7.10. The molecule has 3 aromatic rings. The lowest BCUT2D eigenvalue weighted by Gasteiger charge is -2.06. The van der Waals surface area contributed by atoms with Crippen LogP contribution in [0.1, 0.15) is 10.4 Å². The van der Waals surface area contributed by atoms with Crippen molar-refractivity contribution in [3.8, 4) is 11.6 Å². The zero-order chi connectivity index (χ0) is 19.7. The van der Waals surface area contributed by atoms with E-state index >= 15 is 0 Å². The number of anilines is 1. The summed E-state index contributed by atoms with van der Waals surface area (Å²) in [4.78, 5) is 28.7. The molecule has 0 unspecified atom stereocenters. The lowest BCUT2D eigenvalue weighted by atomic mass is 10.1. The molecule has 0 radical (unpaired) electrons. The Morgan fingerprint density at radius 2 is 1.89 bits per heavy atom. The molecule has 2 heterocycles. The second kappa shape index (κ2) is 7.16. The molecule has 0 spiro atoms. The summed E-state index contributed by atoms with van der Waals surface area (Å²) in [5.41, 5.74) is 3.01. The van der Waals surface area contributed by atoms with E-state index in [1.54, 1.807) is 12.3 Å². The molecule has 8 heteroatoms. The Hall–Kier alpha value is -3.65. The summed E-state index contributed by atoms with van der Waals surface area (Å²) in [7, 11) is 0. The molecule has 4 rings (SSSR count). The number of carbonyl (C=O) groups excluding carboxylic acids is 1. The molecule has 2 aromatic carbocycles. The molecule has 0 atom stereocenters. The lowest BCUT2D eigenvalue weighted by molar-refractivity contribution is -0.116. The predicted octanol–water partition coefficient (Wildman–Crippen LogP) is 3.22. The number of benzene rings is 2. The van der Waals surface area contributed by atoms with Crippen LogP contribution in [0.3, 0.4) is 0 Å². The molecular formula is C20H15N3O4S. The molecule has 0 saturated heterocycles. The van der Waals surface area contributed by atoms with Crippen LogP contribution in [0.25, 0.3) is 11.6 Å². The van der Waals surface area contributed by atoms with E-state index in [2.05, 4.69) is 10.3 Å². The zero-order valence-electron chi connectivity index (χ0n) is 14.5. The van der Waals surface area contributed by atoms with E-state index in [1.165, 1.54) is 24.3 Å². The van der Waals surface area contributed by atoms with Crippen LogP contribution in [0.5, 0.6) is 11.6 Å². The molecule has 1 aromatic heterocycles. The number of aromatic hydroxyl groups is 2. The van der Waals surface area contributed by atoms with Crippen molar-refractivity contribution in [3.05, 3.63) is 68.6 Å². The van der Waals surface area contributed by atoms with E-state index in [-0.39, 0.29) is 18.2 Å². The van der Waals surface area contributed by atoms with Crippen molar-refractivity contribution in [1.82, 2.24) is 4.57 Å². The molecule has 0 bridgehead atoms. The maximum absolute atomic E-state index is 12.3. The number of fused-ring (bicyclic) bond motifs is 1. The van der Waals surface area contributed by atoms with Gasteiger partial charge >= 0.3 is 4.87 Å². The molecule has 0 aliphatic carbocycles. The van der Waals surface area contributed by atoms with Gasteiger partial charge in [0.05, 0.1) is 10.6 Å². The molecule has 7 nitrogen and oxygen atoms in total. The van der Waals surface area contributed by atoms with Crippen LogP contribution in [0, 0.1) is 0 Å². The van der Waals surface area contributed by atoms with Gasteiger partial charge in [-0.2, -0.15) is 0 Å². The Bertz CT molecular complexity index is 1170. The number of nitrogens with one attached hydrogen (secondary N) is 1. The monoisotopic (exact) mass is 393 g/mol. The summed E-state index contributed by atoms with van der Waals surface area (Å²) in [6.45, 7) is -0.324. The van der Waals surface area contributed by atoms with Crippen LogP contribution in [0.4, 0.5) is 11.4 Å². The van der Waals surface area contributed by atoms with E-state index in [4.69, 9.17) is 0 Å². The summed E-state index contributed by atoms with van der Waals surface area (Å²) in [5, 5.41) is 22.3. The molecular weight excluding hydrogens is 378 g/mol. The smallest absolute Gasteiger partial charge is 0.311 e. The first-order valence-corrected chi connectivity index (χ1v) is 9.19. The number of phenolic OH excluding ortho intramolecular Hbond substituents is 1. The van der Waals surface area contributed by atoms with Crippen LogP contribution in [0.15, 0.2) is 58.3 Å². The van der Waals surface area contributed by atoms with Crippen molar-refractivity contribution < 1.29 is 15.0 Å². The largest absolute Gasteiger partial charge is 0.508 e. The lowest BCUT2D eigenvalue weighted by Crippen LogP contribution is -2.23. The zero-order valence-corrected chi connectivity index (χ0v) is 15.3. The number of phenols is 1. The highest BCUT2D eigenvalue weighted by Gasteiger charge is 2.18. The van der Waals surface area contributed by atoms with Gasteiger partial charge < -0.3 is 15.5 Å². The van der Waals surface area contributed by atoms with Gasteiger partial charge in [-0.1, -0.05) is 29.5 Å². The number of para-hydroxylation sites is 1. The predicted molar refractivity (Wildman–Crippen MR) is 109 cm³/mol. The molecule has 0 fully saturated rings. The van der Waals surface area contributed by atoms with Crippen LogP contribution in [-0.2, 0) is 11.3 Å². The fourth-order valence-electron chi connectivity index (χ4n) is 2.83. The first-order valence-electron chi connectivity index (χ1n) is 8.38. The molecule has 1 amide bonds. The number of aromatic nitrogens is 1. The number of amides is 1. The van der Waals surface area contributed by atoms with Crippen molar-refractivity contribution in [2.75, 3.05) is 5.32 Å². The van der Waals surface area contributed by atoms with Gasteiger partial charge in [-0.05, 0) is 36.4 Å². The van der Waals surface area contributed by atoms with Crippen molar-refractivity contribution in [2.24, 2.45) is 4.99 Å². The third-order valence-electron chi connectivity index (χ3n) is 4.19. The van der Waals surface area contributed by atoms with Crippen molar-refractivity contribution in [3.63, 3.8) is 0 Å². The van der Waals surface area contributed by atoms with E-state index in [1.807, 2.05) is 24.3 Å². The van der Waals surface area contributed by atoms with Crippen LogP contribution >= 0.6 is 11.3 Å². The SMILES string of the molecule is O=C(Cn1c(O)c(/C=C2/C=Nc3ccccc32)sc1=O)Nc1ccc(O)cc1. The molecule has 28 heavy (non-hydrogen) atoms. The first-order chi connectivity index (χ1) is 13.5. The number of carbonyl (C=O) groups is 1. The Labute approximate surface area is 163 Å². The maximum atomic E-state index is 12.3. The summed E-state index contributed by atoms with van der Waals surface area (Å²) in [6, 6.07) is 13.5. The summed E-state index contributed by atoms with van der Waals surface area (Å²) < 4.78 is 1.02. The Morgan fingerprint density at radius 3 is 2.68 bits per heavy atom. The van der Waals surface area contributed by atoms with Gasteiger partial charge in [0.25, 0.3) is 0 Å². The summed E-state index contributed by atoms with van der Waals surface area (Å²) >= 11 is 0.859. The minimum absolute atomic E-state index is 0.0828. The number of aliphatic imine (C=N–C) groups is 1. The van der Waals surface area contributed by atoms with Gasteiger partial charge in [-0.3, -0.25) is 19.1 Å². The van der Waals surface area contributed by atoms with E-state index in [0.717, 1.165) is 32.7 Å². The Balaban J connectivity index is 1.56. The molecule has 1 aliphatic rings. The highest BCUT2D eigenvalue weighted by Crippen LogP contribution is 2.34. The second-order valence-electron chi connectivity index (χ2n) is 6.11. The van der Waals surface area contributed by atoms with Crippen molar-refractivity contribution >= 4 is 46.5 Å². The molecule has 140 valence electrons. The highest BCUT2D eigenvalue weighted by atomic mass is 32.1. The normalized spacial score (nSPS) is 13.6. The number of hydrogen-bond donors (Lipinski definition) is 3.